The molecule has 0 saturated heterocycles. The molecule has 1 amide bonds. The summed E-state index contributed by atoms with van der Waals surface area (Å²) in [5.74, 6) is 0.708. The van der Waals surface area contributed by atoms with E-state index in [-0.39, 0.29) is 17.4 Å². The van der Waals surface area contributed by atoms with Gasteiger partial charge in [-0.15, -0.1) is 0 Å². The van der Waals surface area contributed by atoms with Crippen molar-refractivity contribution in [2.45, 2.75) is 6.42 Å². The van der Waals surface area contributed by atoms with Crippen LogP contribution in [0, 0.1) is 0 Å². The Kier molecular flexibility index (Phi) is 6.93. The Morgan fingerprint density at radius 3 is 2.22 bits per heavy atom. The van der Waals surface area contributed by atoms with Crippen molar-refractivity contribution in [2.24, 2.45) is 0 Å². The quantitative estimate of drug-likeness (QED) is 0.615. The van der Waals surface area contributed by atoms with Crippen LogP contribution in [0.4, 0.5) is 0 Å². The number of benzene rings is 2. The second kappa shape index (κ2) is 9.38. The smallest absolute Gasteiger partial charge is 0.244 e. The summed E-state index contributed by atoms with van der Waals surface area (Å²) in [5, 5.41) is 22.3. The monoisotopic (exact) mass is 373 g/mol. The van der Waals surface area contributed by atoms with Gasteiger partial charge in [-0.05, 0) is 47.9 Å². The Hall–Kier alpha value is -3.35. The summed E-state index contributed by atoms with van der Waals surface area (Å²) in [6.45, 7) is 0.402. The van der Waals surface area contributed by atoms with Crippen molar-refractivity contribution in [3.8, 4) is 28.7 Å². The van der Waals surface area contributed by atoms with Gasteiger partial charge in [0.2, 0.25) is 11.7 Å². The second-order valence-electron chi connectivity index (χ2n) is 5.65. The standard InChI is InChI=1S/C20H23NO6/c1-25-16-10-13(4-6-15(16)22)5-7-19(23)21-9-8-14-11-17(26-2)20(24)18(12-14)27-3/h4-7,10-12,22,24H,8-9H2,1-3H3,(H,21,23)/b7-5+. The van der Waals surface area contributed by atoms with Gasteiger partial charge in [-0.1, -0.05) is 6.07 Å². The first-order valence-electron chi connectivity index (χ1n) is 8.25. The molecule has 0 bridgehead atoms. The first-order chi connectivity index (χ1) is 13.0. The average Bonchev–Trinajstić information content (AvgIpc) is 2.68. The van der Waals surface area contributed by atoms with Gasteiger partial charge in [0.15, 0.2) is 23.0 Å². The highest BCUT2D eigenvalue weighted by molar-refractivity contribution is 5.91. The third-order valence-corrected chi connectivity index (χ3v) is 3.88. The molecule has 2 aromatic carbocycles. The van der Waals surface area contributed by atoms with Gasteiger partial charge in [-0.25, -0.2) is 0 Å². The number of aromatic hydroxyl groups is 2. The minimum atomic E-state index is -0.250. The summed E-state index contributed by atoms with van der Waals surface area (Å²) >= 11 is 0. The summed E-state index contributed by atoms with van der Waals surface area (Å²) in [6.07, 6.45) is 3.58. The first kappa shape index (κ1) is 20.0. The number of nitrogens with one attached hydrogen (secondary N) is 1. The van der Waals surface area contributed by atoms with Crippen LogP contribution in [0.15, 0.2) is 36.4 Å². The number of carbonyl (C=O) groups excluding carboxylic acids is 1. The molecule has 0 fully saturated rings. The van der Waals surface area contributed by atoms with E-state index in [9.17, 15) is 15.0 Å². The fourth-order valence-corrected chi connectivity index (χ4v) is 2.45. The molecule has 3 N–H and O–H groups in total. The third-order valence-electron chi connectivity index (χ3n) is 3.88. The molecule has 0 saturated carbocycles. The van der Waals surface area contributed by atoms with Crippen molar-refractivity contribution in [3.63, 3.8) is 0 Å². The molecule has 144 valence electrons. The summed E-state index contributed by atoms with van der Waals surface area (Å²) in [7, 11) is 4.38. The van der Waals surface area contributed by atoms with Crippen molar-refractivity contribution >= 4 is 12.0 Å². The van der Waals surface area contributed by atoms with Crippen LogP contribution in [0.1, 0.15) is 11.1 Å². The predicted molar refractivity (Wildman–Crippen MR) is 102 cm³/mol. The third kappa shape index (κ3) is 5.31. The number of methoxy groups -OCH3 is 3. The van der Waals surface area contributed by atoms with Gasteiger partial charge in [0.1, 0.15) is 0 Å². The molecular formula is C20H23NO6. The zero-order valence-corrected chi connectivity index (χ0v) is 15.5. The van der Waals surface area contributed by atoms with Crippen molar-refractivity contribution < 1.29 is 29.2 Å². The summed E-state index contributed by atoms with van der Waals surface area (Å²) in [6, 6.07) is 8.21. The maximum Gasteiger partial charge on any atom is 0.244 e. The molecule has 7 nitrogen and oxygen atoms in total. The number of phenolic OH excluding ortho intramolecular Hbond substituents is 2. The van der Waals surface area contributed by atoms with E-state index in [1.807, 2.05) is 0 Å². The molecule has 0 radical (unpaired) electrons. The number of rotatable bonds is 8. The maximum absolute atomic E-state index is 12.0. The van der Waals surface area contributed by atoms with E-state index in [4.69, 9.17) is 14.2 Å². The normalized spacial score (nSPS) is 10.6. The van der Waals surface area contributed by atoms with E-state index in [0.717, 1.165) is 11.1 Å². The highest BCUT2D eigenvalue weighted by Gasteiger charge is 2.11. The van der Waals surface area contributed by atoms with Crippen LogP contribution in [0.5, 0.6) is 28.7 Å². The predicted octanol–water partition coefficient (Wildman–Crippen LogP) is 2.50. The highest BCUT2D eigenvalue weighted by atomic mass is 16.5. The molecule has 0 aliphatic heterocycles. The highest BCUT2D eigenvalue weighted by Crippen LogP contribution is 2.37. The number of ether oxygens (including phenoxy) is 3. The van der Waals surface area contributed by atoms with Gasteiger partial charge in [0.25, 0.3) is 0 Å². The lowest BCUT2D eigenvalue weighted by atomic mass is 10.1. The number of amides is 1. The lowest BCUT2D eigenvalue weighted by Crippen LogP contribution is -2.23. The van der Waals surface area contributed by atoms with Crippen molar-refractivity contribution in [1.82, 2.24) is 5.32 Å². The summed E-state index contributed by atoms with van der Waals surface area (Å²) in [5.41, 5.74) is 1.59. The van der Waals surface area contributed by atoms with Crippen LogP contribution < -0.4 is 19.5 Å². The summed E-state index contributed by atoms with van der Waals surface area (Å²) in [4.78, 5) is 12.0. The molecule has 2 aromatic rings. The van der Waals surface area contributed by atoms with E-state index in [2.05, 4.69) is 5.32 Å². The Labute approximate surface area is 157 Å². The molecule has 0 spiro atoms. The lowest BCUT2D eigenvalue weighted by molar-refractivity contribution is -0.116. The van der Waals surface area contributed by atoms with Gasteiger partial charge in [-0.2, -0.15) is 0 Å². The van der Waals surface area contributed by atoms with Gasteiger partial charge in [-0.3, -0.25) is 4.79 Å². The summed E-state index contributed by atoms with van der Waals surface area (Å²) < 4.78 is 15.3. The topological polar surface area (TPSA) is 97.3 Å². The number of hydrogen-bond donors (Lipinski definition) is 3. The largest absolute Gasteiger partial charge is 0.504 e. The van der Waals surface area contributed by atoms with Gasteiger partial charge in [0, 0.05) is 12.6 Å². The zero-order chi connectivity index (χ0) is 19.8. The number of hydrogen-bond acceptors (Lipinski definition) is 6. The van der Waals surface area contributed by atoms with Crippen LogP contribution >= 0.6 is 0 Å². The van der Waals surface area contributed by atoms with Crippen molar-refractivity contribution in [3.05, 3.63) is 47.5 Å². The van der Waals surface area contributed by atoms with Crippen LogP contribution in [0.25, 0.3) is 6.08 Å². The van der Waals surface area contributed by atoms with Crippen LogP contribution in [-0.2, 0) is 11.2 Å². The lowest BCUT2D eigenvalue weighted by Gasteiger charge is -2.11. The van der Waals surface area contributed by atoms with Crippen LogP contribution in [-0.4, -0.2) is 44.0 Å². The minimum Gasteiger partial charge on any atom is -0.504 e. The van der Waals surface area contributed by atoms with E-state index in [1.165, 1.54) is 33.5 Å². The van der Waals surface area contributed by atoms with Crippen LogP contribution in [0.2, 0.25) is 0 Å². The molecule has 7 heteroatoms. The number of phenols is 2. The second-order valence-corrected chi connectivity index (χ2v) is 5.65. The Balaban J connectivity index is 1.93. The molecule has 0 atom stereocenters. The zero-order valence-electron chi connectivity index (χ0n) is 15.5. The molecule has 0 aliphatic carbocycles. The molecule has 2 rings (SSSR count). The van der Waals surface area contributed by atoms with Crippen LogP contribution in [0.3, 0.4) is 0 Å². The van der Waals surface area contributed by atoms with Gasteiger partial charge in [0.05, 0.1) is 21.3 Å². The fraction of sp³-hybridized carbons (Fsp3) is 0.250. The van der Waals surface area contributed by atoms with E-state index < -0.39 is 0 Å². The van der Waals surface area contributed by atoms with Gasteiger partial charge >= 0.3 is 0 Å². The van der Waals surface area contributed by atoms with E-state index in [1.54, 1.807) is 30.3 Å². The molecule has 0 aliphatic rings. The van der Waals surface area contributed by atoms with E-state index >= 15 is 0 Å². The van der Waals surface area contributed by atoms with Crippen molar-refractivity contribution in [1.29, 1.82) is 0 Å². The Morgan fingerprint density at radius 1 is 1.00 bits per heavy atom. The SMILES string of the molecule is COc1cc(/C=C/C(=O)NCCc2cc(OC)c(O)c(OC)c2)ccc1O. The van der Waals surface area contributed by atoms with Crippen molar-refractivity contribution in [2.75, 3.05) is 27.9 Å². The average molecular weight is 373 g/mol. The molecule has 0 unspecified atom stereocenters. The first-order valence-corrected chi connectivity index (χ1v) is 8.25. The number of carbonyl (C=O) groups is 1. The molecule has 0 heterocycles. The molecule has 0 aromatic heterocycles. The Morgan fingerprint density at radius 2 is 1.63 bits per heavy atom. The molecule has 27 heavy (non-hydrogen) atoms. The maximum atomic E-state index is 12.0. The van der Waals surface area contributed by atoms with E-state index in [0.29, 0.717) is 30.2 Å². The fourth-order valence-electron chi connectivity index (χ4n) is 2.45. The Bertz CT molecular complexity index is 806. The molecular weight excluding hydrogens is 350 g/mol. The minimum absolute atomic E-state index is 0.0406. The van der Waals surface area contributed by atoms with Gasteiger partial charge < -0.3 is 29.7 Å².